The number of likely N-dealkylation sites (N-methyl/N-ethyl adjacent to an activating group) is 1. The summed E-state index contributed by atoms with van der Waals surface area (Å²) in [6.45, 7) is 5.74. The third kappa shape index (κ3) is 4.40. The van der Waals surface area contributed by atoms with Crippen LogP contribution < -0.4 is 4.90 Å². The number of anilines is 1. The largest absolute Gasteiger partial charge is 0.416 e. The van der Waals surface area contributed by atoms with Crippen molar-refractivity contribution in [1.82, 2.24) is 4.90 Å². The molecule has 0 saturated carbocycles. The SMILES string of the molecule is CCN(CC)CCN1C(=O)C(O)(c2ccccc2CCO)c2c1cc(I)cc2C(F)(F)F. The molecule has 0 aromatic heterocycles. The van der Waals surface area contributed by atoms with Gasteiger partial charge in [0.05, 0.1) is 11.3 Å². The number of aliphatic hydroxyl groups is 2. The highest BCUT2D eigenvalue weighted by molar-refractivity contribution is 14.1. The van der Waals surface area contributed by atoms with Crippen molar-refractivity contribution < 1.29 is 28.2 Å². The molecule has 5 nitrogen and oxygen atoms in total. The van der Waals surface area contributed by atoms with Gasteiger partial charge in [0, 0.05) is 34.4 Å². The van der Waals surface area contributed by atoms with Crippen molar-refractivity contribution in [3.63, 3.8) is 0 Å². The Morgan fingerprint density at radius 3 is 2.41 bits per heavy atom. The van der Waals surface area contributed by atoms with Gasteiger partial charge < -0.3 is 20.0 Å². The van der Waals surface area contributed by atoms with Gasteiger partial charge in [-0.3, -0.25) is 4.79 Å². The maximum absolute atomic E-state index is 14.1. The van der Waals surface area contributed by atoms with Crippen LogP contribution in [0.2, 0.25) is 0 Å². The second kappa shape index (κ2) is 9.66. The Kier molecular flexibility index (Phi) is 7.53. The molecule has 1 atom stereocenters. The number of nitrogens with zero attached hydrogens (tertiary/aromatic N) is 2. The maximum Gasteiger partial charge on any atom is 0.416 e. The van der Waals surface area contributed by atoms with E-state index in [1.165, 1.54) is 17.0 Å². The van der Waals surface area contributed by atoms with E-state index in [2.05, 4.69) is 4.90 Å². The standard InChI is InChI=1S/C23H26F3IN2O3/c1-3-28(4-2)10-11-29-19-14-16(27)13-18(23(24,25)26)20(19)22(32,21(29)31)17-8-6-5-7-15(17)9-12-30/h5-8,13-14,30,32H,3-4,9-12H2,1-2H3. The number of rotatable bonds is 8. The quantitative estimate of drug-likeness (QED) is 0.482. The topological polar surface area (TPSA) is 64.0 Å². The van der Waals surface area contributed by atoms with Crippen LogP contribution in [-0.2, 0) is 23.0 Å². The number of alkyl halides is 3. The number of benzene rings is 2. The summed E-state index contributed by atoms with van der Waals surface area (Å²) < 4.78 is 42.7. The summed E-state index contributed by atoms with van der Waals surface area (Å²) >= 11 is 1.80. The molecule has 1 heterocycles. The van der Waals surface area contributed by atoms with Gasteiger partial charge in [0.15, 0.2) is 5.60 Å². The first-order valence-electron chi connectivity index (χ1n) is 10.5. The monoisotopic (exact) mass is 562 g/mol. The van der Waals surface area contributed by atoms with Crippen molar-refractivity contribution in [2.45, 2.75) is 32.0 Å². The average Bonchev–Trinajstić information content (AvgIpc) is 2.96. The molecule has 2 aromatic rings. The Hall–Kier alpha value is -1.69. The van der Waals surface area contributed by atoms with Crippen molar-refractivity contribution in [2.75, 3.05) is 37.7 Å². The van der Waals surface area contributed by atoms with Crippen LogP contribution in [0.3, 0.4) is 0 Å². The molecular formula is C23H26F3IN2O3. The normalized spacial score (nSPS) is 18.5. The van der Waals surface area contributed by atoms with E-state index in [0.717, 1.165) is 19.2 Å². The van der Waals surface area contributed by atoms with Crippen LogP contribution in [0.25, 0.3) is 0 Å². The zero-order chi connectivity index (χ0) is 23.7. The summed E-state index contributed by atoms with van der Waals surface area (Å²) in [4.78, 5) is 17.0. The molecule has 0 bridgehead atoms. The van der Waals surface area contributed by atoms with Crippen molar-refractivity contribution in [1.29, 1.82) is 0 Å². The number of halogens is 4. The number of fused-ring (bicyclic) bond motifs is 1. The minimum absolute atomic E-state index is 0.0670. The Bertz CT molecular complexity index is 995. The third-order valence-corrected chi connectivity index (χ3v) is 6.54. The molecule has 1 aliphatic rings. The van der Waals surface area contributed by atoms with Gasteiger partial charge in [0.1, 0.15) is 0 Å². The average molecular weight is 562 g/mol. The number of amides is 1. The molecule has 2 N–H and O–H groups in total. The van der Waals surface area contributed by atoms with E-state index < -0.39 is 28.8 Å². The van der Waals surface area contributed by atoms with E-state index in [0.29, 0.717) is 15.7 Å². The summed E-state index contributed by atoms with van der Waals surface area (Å²) in [5.74, 6) is -0.808. The summed E-state index contributed by atoms with van der Waals surface area (Å²) in [6, 6.07) is 8.76. The molecule has 3 rings (SSSR count). The lowest BCUT2D eigenvalue weighted by Gasteiger charge is -2.28. The molecule has 0 aliphatic carbocycles. The second-order valence-corrected chi connectivity index (χ2v) is 8.92. The van der Waals surface area contributed by atoms with Gasteiger partial charge in [-0.25, -0.2) is 0 Å². The lowest BCUT2D eigenvalue weighted by atomic mass is 9.81. The Morgan fingerprint density at radius 2 is 1.81 bits per heavy atom. The van der Waals surface area contributed by atoms with E-state index in [4.69, 9.17) is 0 Å². The van der Waals surface area contributed by atoms with Crippen molar-refractivity contribution >= 4 is 34.2 Å². The highest BCUT2D eigenvalue weighted by Crippen LogP contribution is 2.51. The Morgan fingerprint density at radius 1 is 1.16 bits per heavy atom. The summed E-state index contributed by atoms with van der Waals surface area (Å²) in [5, 5.41) is 21.2. The van der Waals surface area contributed by atoms with E-state index >= 15 is 0 Å². The predicted molar refractivity (Wildman–Crippen MR) is 125 cm³/mol. The molecule has 1 unspecified atom stereocenters. The Balaban J connectivity index is 2.26. The van der Waals surface area contributed by atoms with Gasteiger partial charge in [-0.05, 0) is 59.8 Å². The van der Waals surface area contributed by atoms with E-state index in [-0.39, 0.29) is 30.8 Å². The lowest BCUT2D eigenvalue weighted by Crippen LogP contribution is -2.45. The molecule has 0 spiro atoms. The van der Waals surface area contributed by atoms with Crippen LogP contribution in [0, 0.1) is 3.57 Å². The summed E-state index contributed by atoms with van der Waals surface area (Å²) in [6.07, 6.45) is -4.66. The number of carbonyl (C=O) groups excluding carboxylic acids is 1. The van der Waals surface area contributed by atoms with Gasteiger partial charge in [0.2, 0.25) is 0 Å². The van der Waals surface area contributed by atoms with Crippen LogP contribution in [0.5, 0.6) is 0 Å². The molecule has 0 fully saturated rings. The molecule has 9 heteroatoms. The summed E-state index contributed by atoms with van der Waals surface area (Å²) in [7, 11) is 0. The first-order chi connectivity index (χ1) is 15.1. The molecule has 1 amide bonds. The molecular weight excluding hydrogens is 536 g/mol. The van der Waals surface area contributed by atoms with Gasteiger partial charge in [-0.15, -0.1) is 0 Å². The van der Waals surface area contributed by atoms with Crippen molar-refractivity contribution in [3.05, 3.63) is 62.2 Å². The molecule has 1 aliphatic heterocycles. The van der Waals surface area contributed by atoms with Crippen LogP contribution >= 0.6 is 22.6 Å². The first kappa shape index (κ1) is 24.9. The van der Waals surface area contributed by atoms with Crippen LogP contribution in [0.4, 0.5) is 18.9 Å². The molecule has 32 heavy (non-hydrogen) atoms. The van der Waals surface area contributed by atoms with Crippen LogP contribution in [-0.4, -0.2) is 53.8 Å². The highest BCUT2D eigenvalue weighted by atomic mass is 127. The number of hydrogen-bond acceptors (Lipinski definition) is 4. The molecule has 2 aromatic carbocycles. The maximum atomic E-state index is 14.1. The highest BCUT2D eigenvalue weighted by Gasteiger charge is 2.56. The predicted octanol–water partition coefficient (Wildman–Crippen LogP) is 3.77. The number of carbonyl (C=O) groups is 1. The zero-order valence-corrected chi connectivity index (χ0v) is 20.1. The van der Waals surface area contributed by atoms with Crippen LogP contribution in [0.1, 0.15) is 36.1 Å². The van der Waals surface area contributed by atoms with Gasteiger partial charge in [-0.1, -0.05) is 38.1 Å². The van der Waals surface area contributed by atoms with Gasteiger partial charge >= 0.3 is 6.18 Å². The minimum atomic E-state index is -4.76. The fraction of sp³-hybridized carbons (Fsp3) is 0.435. The molecule has 0 radical (unpaired) electrons. The molecule has 0 saturated heterocycles. The van der Waals surface area contributed by atoms with Crippen LogP contribution in [0.15, 0.2) is 36.4 Å². The first-order valence-corrected chi connectivity index (χ1v) is 11.5. The fourth-order valence-electron chi connectivity index (χ4n) is 4.29. The van der Waals surface area contributed by atoms with Gasteiger partial charge in [-0.2, -0.15) is 13.2 Å². The van der Waals surface area contributed by atoms with Gasteiger partial charge in [0.25, 0.3) is 5.91 Å². The smallest absolute Gasteiger partial charge is 0.396 e. The fourth-order valence-corrected chi connectivity index (χ4v) is 4.89. The van der Waals surface area contributed by atoms with E-state index in [1.807, 2.05) is 13.8 Å². The minimum Gasteiger partial charge on any atom is -0.396 e. The third-order valence-electron chi connectivity index (χ3n) is 5.92. The zero-order valence-electron chi connectivity index (χ0n) is 17.9. The van der Waals surface area contributed by atoms with Crippen molar-refractivity contribution in [2.24, 2.45) is 0 Å². The van der Waals surface area contributed by atoms with E-state index in [9.17, 15) is 28.2 Å². The number of aliphatic hydroxyl groups excluding tert-OH is 1. The molecule has 174 valence electrons. The second-order valence-electron chi connectivity index (χ2n) is 7.67. The van der Waals surface area contributed by atoms with Crippen molar-refractivity contribution in [3.8, 4) is 0 Å². The Labute approximate surface area is 199 Å². The van der Waals surface area contributed by atoms with E-state index in [1.54, 1.807) is 40.8 Å². The summed E-state index contributed by atoms with van der Waals surface area (Å²) in [5.41, 5.74) is -3.41. The number of hydrogen-bond donors (Lipinski definition) is 2. The lowest BCUT2D eigenvalue weighted by molar-refractivity contribution is -0.142.